The fraction of sp³-hybridized carbons (Fsp3) is 0.258. The minimum absolute atomic E-state index is 0.115. The molecule has 0 bridgehead atoms. The maximum atomic E-state index is 2.69. The first-order valence-electron chi connectivity index (χ1n) is 24.1. The molecule has 0 amide bonds. The van der Waals surface area contributed by atoms with E-state index in [1.54, 1.807) is 0 Å². The summed E-state index contributed by atoms with van der Waals surface area (Å²) in [5.74, 6) is 1.17. The Morgan fingerprint density at radius 2 is 0.921 bits per heavy atom. The van der Waals surface area contributed by atoms with Crippen molar-refractivity contribution in [3.05, 3.63) is 208 Å². The molecule has 0 N–H and O–H groups in total. The van der Waals surface area contributed by atoms with Gasteiger partial charge < -0.3 is 4.90 Å². The molecule has 1 nitrogen and oxygen atoms in total. The zero-order chi connectivity index (χ0) is 41.9. The fourth-order valence-electron chi connectivity index (χ4n) is 13.5. The molecule has 0 heterocycles. The first-order chi connectivity index (χ1) is 31.0. The lowest BCUT2D eigenvalue weighted by Crippen LogP contribution is -2.26. The van der Waals surface area contributed by atoms with Crippen LogP contribution >= 0.6 is 0 Å². The molecule has 2 fully saturated rings. The third kappa shape index (κ3) is 5.35. The van der Waals surface area contributed by atoms with E-state index in [0.717, 1.165) is 0 Å². The Morgan fingerprint density at radius 3 is 1.62 bits per heavy atom. The maximum Gasteiger partial charge on any atom is 0.0726 e. The van der Waals surface area contributed by atoms with Gasteiger partial charge in [0.2, 0.25) is 0 Å². The van der Waals surface area contributed by atoms with Crippen molar-refractivity contribution in [3.63, 3.8) is 0 Å². The van der Waals surface area contributed by atoms with Crippen LogP contribution in [0.3, 0.4) is 0 Å². The van der Waals surface area contributed by atoms with E-state index in [4.69, 9.17) is 0 Å². The third-order valence-electron chi connectivity index (χ3n) is 16.5. The number of fused-ring (bicyclic) bond motifs is 14. The van der Waals surface area contributed by atoms with Gasteiger partial charge in [-0.1, -0.05) is 192 Å². The van der Waals surface area contributed by atoms with Gasteiger partial charge in [0, 0.05) is 22.2 Å². The first-order valence-corrected chi connectivity index (χ1v) is 24.1. The lowest BCUT2D eigenvalue weighted by molar-refractivity contribution is 0.443. The number of benzene rings is 8. The summed E-state index contributed by atoms with van der Waals surface area (Å²) in [5.41, 5.74) is 23.0. The molecule has 1 spiro atoms. The Bertz CT molecular complexity index is 3130. The van der Waals surface area contributed by atoms with Crippen molar-refractivity contribution in [1.82, 2.24) is 0 Å². The smallest absolute Gasteiger partial charge is 0.0726 e. The van der Waals surface area contributed by atoms with Crippen LogP contribution in [0, 0.1) is 0 Å². The van der Waals surface area contributed by atoms with E-state index >= 15 is 0 Å². The monoisotopic (exact) mass is 813 g/mol. The zero-order valence-corrected chi connectivity index (χ0v) is 36.8. The van der Waals surface area contributed by atoms with Crippen molar-refractivity contribution in [2.75, 3.05) is 4.90 Å². The Kier molecular flexibility index (Phi) is 8.41. The molecule has 1 unspecified atom stereocenters. The Balaban J connectivity index is 1.08. The van der Waals surface area contributed by atoms with Crippen LogP contribution in [-0.4, -0.2) is 0 Å². The van der Waals surface area contributed by atoms with Gasteiger partial charge in [0.1, 0.15) is 0 Å². The average molecular weight is 814 g/mol. The number of nitrogens with zero attached hydrogens (tertiary/aromatic N) is 1. The van der Waals surface area contributed by atoms with Crippen LogP contribution < -0.4 is 4.90 Å². The second kappa shape index (κ2) is 14.2. The predicted octanol–water partition coefficient (Wildman–Crippen LogP) is 17.1. The first kappa shape index (κ1) is 37.4. The highest BCUT2D eigenvalue weighted by Crippen LogP contribution is 2.64. The van der Waals surface area contributed by atoms with E-state index in [0.29, 0.717) is 11.8 Å². The van der Waals surface area contributed by atoms with Gasteiger partial charge in [0.05, 0.1) is 11.1 Å². The van der Waals surface area contributed by atoms with Gasteiger partial charge in [-0.05, 0) is 145 Å². The summed E-state index contributed by atoms with van der Waals surface area (Å²) < 4.78 is 0. The quantitative estimate of drug-likeness (QED) is 0.167. The minimum Gasteiger partial charge on any atom is -0.310 e. The Hall–Kier alpha value is -6.18. The van der Waals surface area contributed by atoms with Gasteiger partial charge >= 0.3 is 0 Å². The molecule has 8 aromatic carbocycles. The van der Waals surface area contributed by atoms with Crippen LogP contribution in [0.15, 0.2) is 164 Å². The molecule has 5 aliphatic carbocycles. The SMILES string of the molecule is CC1(C)c2ccccc2-c2ccc(N(c3ccc4c(c3)C3(c5ccccc5-c5cc(C6CCCCC6)ccc53)c3ccccc3-4)c3c(C4CCCCC4)ccc4ccccc34)cc21. The highest BCUT2D eigenvalue weighted by Gasteiger charge is 2.52. The normalized spacial score (nSPS) is 19.3. The molecule has 8 aromatic rings. The molecular formula is C62H55N. The van der Waals surface area contributed by atoms with E-state index in [-0.39, 0.29) is 5.41 Å². The van der Waals surface area contributed by atoms with Crippen LogP contribution in [0.1, 0.15) is 134 Å². The predicted molar refractivity (Wildman–Crippen MR) is 264 cm³/mol. The molecule has 1 heteroatoms. The molecule has 2 saturated carbocycles. The topological polar surface area (TPSA) is 3.24 Å². The molecule has 13 rings (SSSR count). The van der Waals surface area contributed by atoms with Gasteiger partial charge in [-0.15, -0.1) is 0 Å². The molecule has 308 valence electrons. The third-order valence-corrected chi connectivity index (χ3v) is 16.5. The van der Waals surface area contributed by atoms with Crippen LogP contribution in [0.4, 0.5) is 17.1 Å². The molecule has 63 heavy (non-hydrogen) atoms. The van der Waals surface area contributed by atoms with Crippen molar-refractivity contribution >= 4 is 27.8 Å². The van der Waals surface area contributed by atoms with Crippen molar-refractivity contribution in [2.45, 2.75) is 101 Å². The van der Waals surface area contributed by atoms with Crippen LogP contribution in [0.2, 0.25) is 0 Å². The summed E-state index contributed by atoms with van der Waals surface area (Å²) in [6.45, 7) is 4.84. The standard InChI is InChI=1S/C62H55N/c1-61(2)54-26-14-11-23-48(54)51-34-31-44(38-58(51)61)63(60-46-22-10-9-21-42(46)29-33-47(60)41-19-7-4-8-20-41)45-32-35-52-49-24-12-15-27-55(49)62(59(52)39-45)56-28-16-13-25-50(56)53-37-43(30-36-57(53)62)40-17-5-3-6-18-40/h9-16,21-41H,3-8,17-20H2,1-2H3. The summed E-state index contributed by atoms with van der Waals surface area (Å²) in [5, 5.41) is 2.62. The molecule has 0 aliphatic heterocycles. The van der Waals surface area contributed by atoms with Gasteiger partial charge in [0.25, 0.3) is 0 Å². The summed E-state index contributed by atoms with van der Waals surface area (Å²) in [4.78, 5) is 2.69. The fourth-order valence-corrected chi connectivity index (χ4v) is 13.5. The molecular weight excluding hydrogens is 759 g/mol. The number of hydrogen-bond donors (Lipinski definition) is 0. The summed E-state index contributed by atoms with van der Waals surface area (Å²) in [6.07, 6.45) is 13.1. The van der Waals surface area contributed by atoms with Gasteiger partial charge in [0.15, 0.2) is 0 Å². The van der Waals surface area contributed by atoms with Gasteiger partial charge in [-0.2, -0.15) is 0 Å². The second-order valence-electron chi connectivity index (χ2n) is 20.0. The van der Waals surface area contributed by atoms with Crippen molar-refractivity contribution < 1.29 is 0 Å². The largest absolute Gasteiger partial charge is 0.310 e. The molecule has 0 saturated heterocycles. The van der Waals surface area contributed by atoms with Crippen LogP contribution in [0.5, 0.6) is 0 Å². The summed E-state index contributed by atoms with van der Waals surface area (Å²) >= 11 is 0. The lowest BCUT2D eigenvalue weighted by atomic mass is 9.70. The van der Waals surface area contributed by atoms with E-state index in [1.165, 1.54) is 170 Å². The molecule has 0 radical (unpaired) electrons. The maximum absolute atomic E-state index is 2.69. The molecule has 0 aromatic heterocycles. The number of anilines is 3. The van der Waals surface area contributed by atoms with Crippen LogP contribution in [0.25, 0.3) is 44.2 Å². The van der Waals surface area contributed by atoms with Crippen molar-refractivity contribution in [2.24, 2.45) is 0 Å². The van der Waals surface area contributed by atoms with E-state index < -0.39 is 5.41 Å². The van der Waals surface area contributed by atoms with Crippen LogP contribution in [-0.2, 0) is 10.8 Å². The minimum atomic E-state index is -0.419. The average Bonchev–Trinajstić information content (AvgIpc) is 3.90. The number of rotatable bonds is 5. The van der Waals surface area contributed by atoms with E-state index in [2.05, 4.69) is 183 Å². The number of hydrogen-bond acceptors (Lipinski definition) is 1. The Labute approximate surface area is 373 Å². The Morgan fingerprint density at radius 1 is 0.397 bits per heavy atom. The zero-order valence-electron chi connectivity index (χ0n) is 36.8. The van der Waals surface area contributed by atoms with Gasteiger partial charge in [-0.3, -0.25) is 0 Å². The molecule has 5 aliphatic rings. The molecule has 1 atom stereocenters. The van der Waals surface area contributed by atoms with E-state index in [1.807, 2.05) is 0 Å². The van der Waals surface area contributed by atoms with Crippen molar-refractivity contribution in [3.8, 4) is 33.4 Å². The lowest BCUT2D eigenvalue weighted by Gasteiger charge is -2.35. The highest BCUT2D eigenvalue weighted by molar-refractivity contribution is 6.03. The highest BCUT2D eigenvalue weighted by atomic mass is 15.1. The second-order valence-corrected chi connectivity index (χ2v) is 20.0. The van der Waals surface area contributed by atoms with Gasteiger partial charge in [-0.25, -0.2) is 0 Å². The van der Waals surface area contributed by atoms with E-state index in [9.17, 15) is 0 Å². The van der Waals surface area contributed by atoms with Crippen molar-refractivity contribution in [1.29, 1.82) is 0 Å². The summed E-state index contributed by atoms with van der Waals surface area (Å²) in [7, 11) is 0. The summed E-state index contributed by atoms with van der Waals surface area (Å²) in [6, 6.07) is 64.4.